The molecule has 0 saturated carbocycles. The molecule has 1 N–H and O–H groups in total. The van der Waals surface area contributed by atoms with Gasteiger partial charge in [-0.15, -0.1) is 0 Å². The number of fused-ring (bicyclic) bond motifs is 2. The third-order valence-electron chi connectivity index (χ3n) is 4.33. The summed E-state index contributed by atoms with van der Waals surface area (Å²) in [5.41, 5.74) is 3.39. The normalized spacial score (nSPS) is 13.3. The first kappa shape index (κ1) is 14.2. The van der Waals surface area contributed by atoms with Crippen molar-refractivity contribution in [3.05, 3.63) is 77.4 Å². The summed E-state index contributed by atoms with van der Waals surface area (Å²) in [6, 6.07) is 19.4. The van der Waals surface area contributed by atoms with Gasteiger partial charge in [0.1, 0.15) is 0 Å². The molecule has 0 spiro atoms. The topological polar surface area (TPSA) is 46.5 Å². The lowest BCUT2D eigenvalue weighted by Gasteiger charge is -2.07. The van der Waals surface area contributed by atoms with Crippen molar-refractivity contribution in [2.24, 2.45) is 0 Å². The molecule has 0 unspecified atom stereocenters. The van der Waals surface area contributed by atoms with E-state index in [1.165, 1.54) is 0 Å². The van der Waals surface area contributed by atoms with Crippen LogP contribution in [-0.4, -0.2) is 17.9 Å². The van der Waals surface area contributed by atoms with Crippen LogP contribution in [0.3, 0.4) is 0 Å². The molecule has 23 heavy (non-hydrogen) atoms. The molecule has 3 nitrogen and oxygen atoms in total. The molecule has 0 atom stereocenters. The van der Waals surface area contributed by atoms with Crippen molar-refractivity contribution in [2.45, 2.75) is 13.0 Å². The fraction of sp³-hybridized carbons (Fsp3) is 0.105. The van der Waals surface area contributed by atoms with Crippen molar-refractivity contribution in [1.82, 2.24) is 0 Å². The predicted molar refractivity (Wildman–Crippen MR) is 90.8 cm³/mol. The number of Topliss-reactive ketones (excluding diaryl/α,β-unsaturated/α-hetero) is 1. The zero-order valence-corrected chi connectivity index (χ0v) is 12.5. The Morgan fingerprint density at radius 3 is 2.83 bits per heavy atom. The summed E-state index contributed by atoms with van der Waals surface area (Å²) in [4.78, 5) is 12.7. The molecule has 1 aliphatic heterocycles. The summed E-state index contributed by atoms with van der Waals surface area (Å²) in [5, 5.41) is 11.8. The minimum Gasteiger partial charge on any atom is -0.423 e. The van der Waals surface area contributed by atoms with Crippen LogP contribution in [0.2, 0.25) is 0 Å². The fourth-order valence-electron chi connectivity index (χ4n) is 3.12. The van der Waals surface area contributed by atoms with E-state index in [1.807, 2.05) is 60.7 Å². The summed E-state index contributed by atoms with van der Waals surface area (Å²) in [6.07, 6.45) is 0.313. The molecular weight excluding hydrogens is 287 g/mol. The molecule has 3 aromatic carbocycles. The van der Waals surface area contributed by atoms with E-state index in [1.54, 1.807) is 0 Å². The van der Waals surface area contributed by atoms with Gasteiger partial charge in [-0.05, 0) is 27.4 Å². The van der Waals surface area contributed by atoms with E-state index in [-0.39, 0.29) is 5.78 Å². The Kier molecular flexibility index (Phi) is 3.48. The average molecular weight is 302 g/mol. The van der Waals surface area contributed by atoms with Crippen LogP contribution in [0.1, 0.15) is 21.5 Å². The van der Waals surface area contributed by atoms with E-state index in [0.29, 0.717) is 13.0 Å². The monoisotopic (exact) mass is 302 g/mol. The lowest BCUT2D eigenvalue weighted by Crippen LogP contribution is -2.28. The molecule has 0 amide bonds. The molecule has 0 saturated heterocycles. The second-order valence-corrected chi connectivity index (χ2v) is 5.82. The molecule has 0 aliphatic carbocycles. The first-order chi connectivity index (χ1) is 11.2. The van der Waals surface area contributed by atoms with Gasteiger partial charge in [-0.25, -0.2) is 0 Å². The minimum atomic E-state index is -0.877. The lowest BCUT2D eigenvalue weighted by atomic mass is 9.78. The molecule has 0 radical (unpaired) electrons. The molecule has 1 aliphatic rings. The van der Waals surface area contributed by atoms with Crippen molar-refractivity contribution in [3.63, 3.8) is 0 Å². The highest BCUT2D eigenvalue weighted by Crippen LogP contribution is 2.20. The highest BCUT2D eigenvalue weighted by molar-refractivity contribution is 6.61. The van der Waals surface area contributed by atoms with E-state index in [0.717, 1.165) is 32.9 Å². The van der Waals surface area contributed by atoms with E-state index in [2.05, 4.69) is 0 Å². The van der Waals surface area contributed by atoms with Crippen molar-refractivity contribution in [3.8, 4) is 0 Å². The van der Waals surface area contributed by atoms with Gasteiger partial charge in [0.25, 0.3) is 0 Å². The summed E-state index contributed by atoms with van der Waals surface area (Å²) in [6.45, 7) is 0.425. The minimum absolute atomic E-state index is 0.0788. The second kappa shape index (κ2) is 5.65. The van der Waals surface area contributed by atoms with Crippen molar-refractivity contribution in [2.75, 3.05) is 0 Å². The summed E-state index contributed by atoms with van der Waals surface area (Å²) >= 11 is 0. The van der Waals surface area contributed by atoms with Crippen LogP contribution in [0, 0.1) is 0 Å². The second-order valence-electron chi connectivity index (χ2n) is 5.82. The Labute approximate surface area is 134 Å². The van der Waals surface area contributed by atoms with Gasteiger partial charge in [0.15, 0.2) is 5.78 Å². The van der Waals surface area contributed by atoms with Crippen LogP contribution < -0.4 is 5.46 Å². The molecule has 112 valence electrons. The van der Waals surface area contributed by atoms with Crippen LogP contribution in [0.25, 0.3) is 10.8 Å². The predicted octanol–water partition coefficient (Wildman–Crippen LogP) is 2.48. The molecule has 0 aromatic heterocycles. The van der Waals surface area contributed by atoms with E-state index < -0.39 is 7.12 Å². The third kappa shape index (κ3) is 2.56. The Balaban J connectivity index is 1.66. The van der Waals surface area contributed by atoms with Gasteiger partial charge in [-0.2, -0.15) is 0 Å². The van der Waals surface area contributed by atoms with Crippen LogP contribution in [0.4, 0.5) is 0 Å². The highest BCUT2D eigenvalue weighted by atomic mass is 16.5. The van der Waals surface area contributed by atoms with Crippen molar-refractivity contribution < 1.29 is 14.5 Å². The Hall–Kier alpha value is -2.43. The molecule has 4 heteroatoms. The Morgan fingerprint density at radius 2 is 1.91 bits per heavy atom. The molecule has 0 bridgehead atoms. The number of carbonyl (C=O) groups is 1. The van der Waals surface area contributed by atoms with Crippen LogP contribution in [0.15, 0.2) is 60.7 Å². The van der Waals surface area contributed by atoms with E-state index in [4.69, 9.17) is 4.65 Å². The number of benzene rings is 3. The van der Waals surface area contributed by atoms with E-state index >= 15 is 0 Å². The van der Waals surface area contributed by atoms with Gasteiger partial charge in [-0.3, -0.25) is 4.79 Å². The van der Waals surface area contributed by atoms with Gasteiger partial charge in [0.2, 0.25) is 0 Å². The van der Waals surface area contributed by atoms with Crippen LogP contribution in [-0.2, 0) is 17.7 Å². The number of rotatable bonds is 3. The van der Waals surface area contributed by atoms with Gasteiger partial charge in [-0.1, -0.05) is 60.7 Å². The molecule has 1 heterocycles. The summed E-state index contributed by atoms with van der Waals surface area (Å²) < 4.78 is 5.20. The zero-order valence-electron chi connectivity index (χ0n) is 12.5. The SMILES string of the molecule is O=C(Cc1ccc2c(c1)B(O)OC2)c1cccc2ccccc12. The number of hydrogen-bond acceptors (Lipinski definition) is 3. The molecule has 3 aromatic rings. The van der Waals surface area contributed by atoms with Crippen molar-refractivity contribution >= 4 is 29.1 Å². The number of hydrogen-bond donors (Lipinski definition) is 1. The molecule has 4 rings (SSSR count). The van der Waals surface area contributed by atoms with Gasteiger partial charge < -0.3 is 9.68 Å². The Morgan fingerprint density at radius 1 is 1.09 bits per heavy atom. The molecule has 0 fully saturated rings. The van der Waals surface area contributed by atoms with Crippen LogP contribution in [0.5, 0.6) is 0 Å². The van der Waals surface area contributed by atoms with Crippen LogP contribution >= 0.6 is 0 Å². The smallest absolute Gasteiger partial charge is 0.423 e. The van der Waals surface area contributed by atoms with Gasteiger partial charge in [0, 0.05) is 12.0 Å². The standard InChI is InChI=1S/C19H15BO3/c21-19(17-7-3-5-14-4-1-2-6-16(14)17)11-13-8-9-15-12-23-20(22)18(15)10-13/h1-10,22H,11-12H2. The largest absolute Gasteiger partial charge is 0.491 e. The quantitative estimate of drug-likeness (QED) is 0.597. The first-order valence-corrected chi connectivity index (χ1v) is 7.65. The van der Waals surface area contributed by atoms with Crippen molar-refractivity contribution in [1.29, 1.82) is 0 Å². The Bertz CT molecular complexity index is 899. The van der Waals surface area contributed by atoms with E-state index in [9.17, 15) is 9.82 Å². The summed E-state index contributed by atoms with van der Waals surface area (Å²) in [7, 11) is -0.877. The average Bonchev–Trinajstić information content (AvgIpc) is 2.95. The molecular formula is C19H15BO3. The maximum atomic E-state index is 12.7. The fourth-order valence-corrected chi connectivity index (χ4v) is 3.12. The maximum Gasteiger partial charge on any atom is 0.491 e. The number of carbonyl (C=O) groups excluding carboxylic acids is 1. The third-order valence-corrected chi connectivity index (χ3v) is 4.33. The maximum absolute atomic E-state index is 12.7. The summed E-state index contributed by atoms with van der Waals surface area (Å²) in [5.74, 6) is 0.0788. The zero-order chi connectivity index (χ0) is 15.8. The highest BCUT2D eigenvalue weighted by Gasteiger charge is 2.27. The first-order valence-electron chi connectivity index (χ1n) is 7.65. The van der Waals surface area contributed by atoms with Gasteiger partial charge in [0.05, 0.1) is 6.61 Å². The number of ketones is 1. The van der Waals surface area contributed by atoms with Gasteiger partial charge >= 0.3 is 7.12 Å². The lowest BCUT2D eigenvalue weighted by molar-refractivity contribution is 0.0994.